The Hall–Kier alpha value is -2.31. The van der Waals surface area contributed by atoms with Crippen LogP contribution in [0.3, 0.4) is 0 Å². The molecule has 2 aromatic rings. The maximum Gasteiger partial charge on any atom is 0.225 e. The van der Waals surface area contributed by atoms with Crippen molar-refractivity contribution >= 4 is 11.9 Å². The smallest absolute Gasteiger partial charge is 0.225 e. The number of rotatable bonds is 2. The van der Waals surface area contributed by atoms with Crippen molar-refractivity contribution in [2.75, 3.05) is 36.0 Å². The Morgan fingerprint density at radius 1 is 0.800 bits per heavy atom. The lowest BCUT2D eigenvalue weighted by atomic mass is 10.3. The first-order chi connectivity index (χ1) is 9.72. The van der Waals surface area contributed by atoms with Gasteiger partial charge in [-0.15, -0.1) is 0 Å². The summed E-state index contributed by atoms with van der Waals surface area (Å²) >= 11 is 0. The molecule has 6 nitrogen and oxygen atoms in total. The Labute approximate surface area is 116 Å². The summed E-state index contributed by atoms with van der Waals surface area (Å²) in [5.41, 5.74) is 1.05. The van der Waals surface area contributed by atoms with Crippen LogP contribution < -0.4 is 9.80 Å². The van der Waals surface area contributed by atoms with Gasteiger partial charge in [-0.1, -0.05) is 0 Å². The molecule has 3 heterocycles. The largest absolute Gasteiger partial charge is 0.337 e. The van der Waals surface area contributed by atoms with Gasteiger partial charge in [0, 0.05) is 38.6 Å². The SMILES string of the molecule is Cc1cnc(N2CCN(c3ncc(F)cn3)CC2)nc1. The van der Waals surface area contributed by atoms with E-state index in [1.165, 1.54) is 12.4 Å². The second kappa shape index (κ2) is 5.36. The standard InChI is InChI=1S/C13H15FN6/c1-10-6-15-12(16-7-10)19-2-4-20(5-3-19)13-17-8-11(14)9-18-13/h6-9H,2-5H2,1H3. The minimum absolute atomic E-state index is 0.416. The van der Waals surface area contributed by atoms with Crippen LogP contribution in [0.5, 0.6) is 0 Å². The van der Waals surface area contributed by atoms with Crippen LogP contribution in [-0.2, 0) is 0 Å². The quantitative estimate of drug-likeness (QED) is 0.815. The average Bonchev–Trinajstić information content (AvgIpc) is 2.49. The molecule has 0 radical (unpaired) electrons. The zero-order chi connectivity index (χ0) is 13.9. The lowest BCUT2D eigenvalue weighted by Gasteiger charge is -2.34. The van der Waals surface area contributed by atoms with Gasteiger partial charge in [-0.3, -0.25) is 0 Å². The van der Waals surface area contributed by atoms with Gasteiger partial charge in [0.25, 0.3) is 0 Å². The third-order valence-corrected chi connectivity index (χ3v) is 3.22. The first-order valence-electron chi connectivity index (χ1n) is 6.48. The molecule has 0 spiro atoms. The minimum Gasteiger partial charge on any atom is -0.337 e. The summed E-state index contributed by atoms with van der Waals surface area (Å²) in [6, 6.07) is 0. The van der Waals surface area contributed by atoms with Gasteiger partial charge < -0.3 is 9.80 Å². The summed E-state index contributed by atoms with van der Waals surface area (Å²) in [7, 11) is 0. The predicted octanol–water partition coefficient (Wildman–Crippen LogP) is 1.04. The molecule has 1 saturated heterocycles. The van der Waals surface area contributed by atoms with Crippen molar-refractivity contribution < 1.29 is 4.39 Å². The summed E-state index contributed by atoms with van der Waals surface area (Å²) in [6.07, 6.45) is 6.02. The Bertz CT molecular complexity index is 509. The number of hydrogen-bond acceptors (Lipinski definition) is 6. The van der Waals surface area contributed by atoms with E-state index in [2.05, 4.69) is 24.8 Å². The topological polar surface area (TPSA) is 58.0 Å². The lowest BCUT2D eigenvalue weighted by molar-refractivity contribution is 0.600. The van der Waals surface area contributed by atoms with Gasteiger partial charge in [-0.2, -0.15) is 0 Å². The van der Waals surface area contributed by atoms with E-state index in [-0.39, 0.29) is 0 Å². The van der Waals surface area contributed by atoms with E-state index in [4.69, 9.17) is 0 Å². The first-order valence-corrected chi connectivity index (χ1v) is 6.48. The Morgan fingerprint density at radius 2 is 1.20 bits per heavy atom. The highest BCUT2D eigenvalue weighted by Gasteiger charge is 2.20. The van der Waals surface area contributed by atoms with Gasteiger partial charge >= 0.3 is 0 Å². The molecule has 1 aliphatic heterocycles. The van der Waals surface area contributed by atoms with E-state index in [1.807, 2.05) is 24.2 Å². The van der Waals surface area contributed by atoms with Crippen LogP contribution >= 0.6 is 0 Å². The fraction of sp³-hybridized carbons (Fsp3) is 0.385. The molecule has 104 valence electrons. The number of halogens is 1. The summed E-state index contributed by atoms with van der Waals surface area (Å²) < 4.78 is 12.8. The molecule has 0 aromatic carbocycles. The van der Waals surface area contributed by atoms with E-state index in [9.17, 15) is 4.39 Å². The van der Waals surface area contributed by atoms with Crippen molar-refractivity contribution in [2.45, 2.75) is 6.92 Å². The van der Waals surface area contributed by atoms with Gasteiger partial charge in [-0.05, 0) is 12.5 Å². The molecule has 0 atom stereocenters. The molecule has 0 aliphatic carbocycles. The molecule has 0 saturated carbocycles. The maximum atomic E-state index is 12.8. The van der Waals surface area contributed by atoms with E-state index in [0.29, 0.717) is 5.95 Å². The van der Waals surface area contributed by atoms with Crippen molar-refractivity contribution in [3.05, 3.63) is 36.2 Å². The molecule has 2 aromatic heterocycles. The van der Waals surface area contributed by atoms with Gasteiger partial charge in [0.1, 0.15) is 0 Å². The molecule has 0 bridgehead atoms. The van der Waals surface area contributed by atoms with Crippen LogP contribution in [0.2, 0.25) is 0 Å². The van der Waals surface area contributed by atoms with Crippen molar-refractivity contribution in [3.63, 3.8) is 0 Å². The van der Waals surface area contributed by atoms with Crippen LogP contribution in [0.1, 0.15) is 5.56 Å². The third-order valence-electron chi connectivity index (χ3n) is 3.22. The number of nitrogens with zero attached hydrogens (tertiary/aromatic N) is 6. The van der Waals surface area contributed by atoms with Crippen LogP contribution in [0.15, 0.2) is 24.8 Å². The first kappa shape index (κ1) is 12.7. The van der Waals surface area contributed by atoms with Gasteiger partial charge in [0.15, 0.2) is 5.82 Å². The molecule has 1 fully saturated rings. The second-order valence-corrected chi connectivity index (χ2v) is 4.74. The summed E-state index contributed by atoms with van der Waals surface area (Å²) in [4.78, 5) is 20.8. The molecule has 20 heavy (non-hydrogen) atoms. The zero-order valence-corrected chi connectivity index (χ0v) is 11.2. The highest BCUT2D eigenvalue weighted by Crippen LogP contribution is 2.14. The number of hydrogen-bond donors (Lipinski definition) is 0. The van der Waals surface area contributed by atoms with E-state index >= 15 is 0 Å². The average molecular weight is 274 g/mol. The Balaban J connectivity index is 1.64. The Kier molecular flexibility index (Phi) is 3.41. The van der Waals surface area contributed by atoms with Gasteiger partial charge in [-0.25, -0.2) is 24.3 Å². The highest BCUT2D eigenvalue weighted by molar-refractivity contribution is 5.37. The monoisotopic (exact) mass is 274 g/mol. The summed E-state index contributed by atoms with van der Waals surface area (Å²) in [5.74, 6) is 0.895. The lowest BCUT2D eigenvalue weighted by Crippen LogP contribution is -2.47. The fourth-order valence-corrected chi connectivity index (χ4v) is 2.12. The van der Waals surface area contributed by atoms with E-state index < -0.39 is 5.82 Å². The normalized spacial score (nSPS) is 15.5. The summed E-state index contributed by atoms with van der Waals surface area (Å²) in [6.45, 7) is 5.09. The van der Waals surface area contributed by atoms with Crippen molar-refractivity contribution in [3.8, 4) is 0 Å². The molecular formula is C13H15FN6. The third kappa shape index (κ3) is 2.66. The van der Waals surface area contributed by atoms with Gasteiger partial charge in [0.05, 0.1) is 12.4 Å². The van der Waals surface area contributed by atoms with Crippen molar-refractivity contribution in [1.29, 1.82) is 0 Å². The number of aryl methyl sites for hydroxylation is 1. The number of piperazine rings is 1. The van der Waals surface area contributed by atoms with E-state index in [0.717, 1.165) is 37.7 Å². The second-order valence-electron chi connectivity index (χ2n) is 4.74. The van der Waals surface area contributed by atoms with Crippen LogP contribution in [-0.4, -0.2) is 46.1 Å². The molecule has 3 rings (SSSR count). The molecule has 0 unspecified atom stereocenters. The Morgan fingerprint density at radius 3 is 1.65 bits per heavy atom. The molecule has 7 heteroatoms. The van der Waals surface area contributed by atoms with Crippen molar-refractivity contribution in [2.24, 2.45) is 0 Å². The van der Waals surface area contributed by atoms with Crippen LogP contribution in [0.4, 0.5) is 16.3 Å². The van der Waals surface area contributed by atoms with Crippen LogP contribution in [0, 0.1) is 12.7 Å². The van der Waals surface area contributed by atoms with Crippen LogP contribution in [0.25, 0.3) is 0 Å². The van der Waals surface area contributed by atoms with Crippen molar-refractivity contribution in [1.82, 2.24) is 19.9 Å². The molecule has 0 amide bonds. The molecule has 1 aliphatic rings. The molecular weight excluding hydrogens is 259 g/mol. The zero-order valence-electron chi connectivity index (χ0n) is 11.2. The number of anilines is 2. The van der Waals surface area contributed by atoms with Gasteiger partial charge in [0.2, 0.25) is 11.9 Å². The maximum absolute atomic E-state index is 12.8. The number of aromatic nitrogens is 4. The fourth-order valence-electron chi connectivity index (χ4n) is 2.12. The van der Waals surface area contributed by atoms with E-state index in [1.54, 1.807) is 0 Å². The molecule has 0 N–H and O–H groups in total. The minimum atomic E-state index is -0.416. The predicted molar refractivity (Wildman–Crippen MR) is 73.2 cm³/mol. The summed E-state index contributed by atoms with van der Waals surface area (Å²) in [5, 5.41) is 0. The highest BCUT2D eigenvalue weighted by atomic mass is 19.1.